The van der Waals surface area contributed by atoms with Gasteiger partial charge in [0.2, 0.25) is 0 Å². The predicted octanol–water partition coefficient (Wildman–Crippen LogP) is 6.58. The van der Waals surface area contributed by atoms with Crippen LogP contribution in [0.5, 0.6) is 0 Å². The first kappa shape index (κ1) is 23.4. The van der Waals surface area contributed by atoms with Gasteiger partial charge in [-0.1, -0.05) is 45.4 Å². The third-order valence-corrected chi connectivity index (χ3v) is 6.59. The van der Waals surface area contributed by atoms with Crippen LogP contribution in [0.4, 0.5) is 4.39 Å². The summed E-state index contributed by atoms with van der Waals surface area (Å²) in [6, 6.07) is 11.4. The zero-order valence-electron chi connectivity index (χ0n) is 19.5. The maximum absolute atomic E-state index is 14.1. The van der Waals surface area contributed by atoms with Crippen LogP contribution in [0.3, 0.4) is 0 Å². The van der Waals surface area contributed by atoms with Crippen molar-refractivity contribution in [3.63, 3.8) is 0 Å². The van der Waals surface area contributed by atoms with Crippen LogP contribution in [-0.2, 0) is 5.41 Å². The van der Waals surface area contributed by atoms with Gasteiger partial charge in [0.15, 0.2) is 0 Å². The third kappa shape index (κ3) is 5.09. The lowest BCUT2D eigenvalue weighted by Crippen LogP contribution is -2.44. The highest BCUT2D eigenvalue weighted by atomic mass is 35.5. The molecule has 0 aliphatic carbocycles. The SMILES string of the molecule is C[C@H]1CCN(C(=O)c2ccc(-c3cncc(-c4ccnc(C(C)(C)C)c4)c3)c(Cl)c2)C[C@@H]1F. The van der Waals surface area contributed by atoms with E-state index in [1.165, 1.54) is 0 Å². The fraction of sp³-hybridized carbons (Fsp3) is 0.370. The summed E-state index contributed by atoms with van der Waals surface area (Å²) < 4.78 is 14.1. The van der Waals surface area contributed by atoms with Gasteiger partial charge in [0.05, 0.1) is 6.54 Å². The molecular weight excluding hydrogens is 437 g/mol. The Morgan fingerprint density at radius 3 is 2.55 bits per heavy atom. The quantitative estimate of drug-likeness (QED) is 0.438. The van der Waals surface area contributed by atoms with Crippen LogP contribution in [-0.4, -0.2) is 40.0 Å². The van der Waals surface area contributed by atoms with Crippen LogP contribution < -0.4 is 0 Å². The number of nitrogens with zero attached hydrogens (tertiary/aromatic N) is 3. The molecule has 3 heterocycles. The van der Waals surface area contributed by atoms with Crippen molar-refractivity contribution in [2.45, 2.75) is 45.7 Å². The first-order valence-corrected chi connectivity index (χ1v) is 11.7. The summed E-state index contributed by atoms with van der Waals surface area (Å²) in [5.41, 5.74) is 5.08. The van der Waals surface area contributed by atoms with Gasteiger partial charge in [-0.05, 0) is 48.2 Å². The van der Waals surface area contributed by atoms with Crippen molar-refractivity contribution in [3.05, 3.63) is 71.3 Å². The number of rotatable bonds is 3. The Bertz CT molecular complexity index is 1170. The van der Waals surface area contributed by atoms with Gasteiger partial charge in [-0.15, -0.1) is 0 Å². The van der Waals surface area contributed by atoms with E-state index in [1.807, 2.05) is 37.5 Å². The van der Waals surface area contributed by atoms with Crippen molar-refractivity contribution in [1.82, 2.24) is 14.9 Å². The monoisotopic (exact) mass is 465 g/mol. The molecular formula is C27H29ClFN3O. The number of aromatic nitrogens is 2. The summed E-state index contributed by atoms with van der Waals surface area (Å²) in [5.74, 6) is -0.198. The Labute approximate surface area is 199 Å². The van der Waals surface area contributed by atoms with Crippen molar-refractivity contribution in [2.75, 3.05) is 13.1 Å². The largest absolute Gasteiger partial charge is 0.336 e. The van der Waals surface area contributed by atoms with E-state index in [4.69, 9.17) is 11.6 Å². The lowest BCUT2D eigenvalue weighted by molar-refractivity contribution is 0.0541. The highest BCUT2D eigenvalue weighted by Gasteiger charge is 2.29. The number of halogens is 2. The van der Waals surface area contributed by atoms with Gasteiger partial charge >= 0.3 is 0 Å². The lowest BCUT2D eigenvalue weighted by Gasteiger charge is -2.33. The molecule has 0 saturated carbocycles. The Balaban J connectivity index is 1.60. The van der Waals surface area contributed by atoms with E-state index in [0.29, 0.717) is 23.6 Å². The first-order valence-electron chi connectivity index (χ1n) is 11.3. The molecule has 172 valence electrons. The smallest absolute Gasteiger partial charge is 0.254 e. The second-order valence-electron chi connectivity index (χ2n) is 9.87. The molecule has 1 amide bonds. The molecule has 2 aromatic heterocycles. The second kappa shape index (κ2) is 9.22. The van der Waals surface area contributed by atoms with Gasteiger partial charge in [-0.3, -0.25) is 14.8 Å². The molecule has 3 aromatic rings. The van der Waals surface area contributed by atoms with E-state index in [9.17, 15) is 9.18 Å². The normalized spacial score (nSPS) is 18.9. The molecule has 4 rings (SSSR count). The maximum atomic E-state index is 14.1. The number of pyridine rings is 2. The summed E-state index contributed by atoms with van der Waals surface area (Å²) in [4.78, 5) is 23.4. The van der Waals surface area contributed by atoms with Gasteiger partial charge in [0.25, 0.3) is 5.91 Å². The van der Waals surface area contributed by atoms with E-state index < -0.39 is 6.17 Å². The van der Waals surface area contributed by atoms with Gasteiger partial charge in [0, 0.05) is 63.5 Å². The van der Waals surface area contributed by atoms with Crippen molar-refractivity contribution in [2.24, 2.45) is 5.92 Å². The molecule has 2 atom stereocenters. The molecule has 0 spiro atoms. The molecule has 4 nitrogen and oxygen atoms in total. The molecule has 1 aliphatic rings. The fourth-order valence-corrected chi connectivity index (χ4v) is 4.33. The predicted molar refractivity (Wildman–Crippen MR) is 131 cm³/mol. The Morgan fingerprint density at radius 2 is 1.85 bits per heavy atom. The molecule has 1 aliphatic heterocycles. The van der Waals surface area contributed by atoms with E-state index >= 15 is 0 Å². The van der Waals surface area contributed by atoms with Crippen molar-refractivity contribution >= 4 is 17.5 Å². The molecule has 0 N–H and O–H groups in total. The summed E-state index contributed by atoms with van der Waals surface area (Å²) in [6.45, 7) is 8.98. The molecule has 1 saturated heterocycles. The Kier molecular flexibility index (Phi) is 6.53. The minimum absolute atomic E-state index is 0.0142. The molecule has 0 unspecified atom stereocenters. The highest BCUT2D eigenvalue weighted by Crippen LogP contribution is 2.33. The van der Waals surface area contributed by atoms with Crippen LogP contribution in [0.2, 0.25) is 5.02 Å². The Hall–Kier alpha value is -2.79. The molecule has 1 fully saturated rings. The minimum Gasteiger partial charge on any atom is -0.336 e. The van der Waals surface area contributed by atoms with E-state index in [0.717, 1.165) is 27.9 Å². The molecule has 0 radical (unpaired) electrons. The fourth-order valence-electron chi connectivity index (χ4n) is 4.04. The number of amides is 1. The van der Waals surface area contributed by atoms with Gasteiger partial charge in [-0.2, -0.15) is 0 Å². The summed E-state index contributed by atoms with van der Waals surface area (Å²) in [5, 5.41) is 0.465. The molecule has 6 heteroatoms. The van der Waals surface area contributed by atoms with Crippen LogP contribution in [0.15, 0.2) is 55.0 Å². The molecule has 33 heavy (non-hydrogen) atoms. The zero-order chi connectivity index (χ0) is 23.8. The highest BCUT2D eigenvalue weighted by molar-refractivity contribution is 6.33. The zero-order valence-corrected chi connectivity index (χ0v) is 20.2. The first-order chi connectivity index (χ1) is 15.6. The van der Waals surface area contributed by atoms with Crippen molar-refractivity contribution in [1.29, 1.82) is 0 Å². The minimum atomic E-state index is -0.988. The molecule has 0 bridgehead atoms. The van der Waals surface area contributed by atoms with E-state index in [2.05, 4.69) is 36.8 Å². The third-order valence-electron chi connectivity index (χ3n) is 6.28. The van der Waals surface area contributed by atoms with Crippen LogP contribution in [0.25, 0.3) is 22.3 Å². The summed E-state index contributed by atoms with van der Waals surface area (Å²) in [6.07, 6.45) is 5.08. The number of carbonyl (C=O) groups excluding carboxylic acids is 1. The average Bonchev–Trinajstić information content (AvgIpc) is 2.80. The van der Waals surface area contributed by atoms with Gasteiger partial charge in [-0.25, -0.2) is 4.39 Å². The molecule has 1 aromatic carbocycles. The van der Waals surface area contributed by atoms with E-state index in [-0.39, 0.29) is 23.8 Å². The Morgan fingerprint density at radius 1 is 1.09 bits per heavy atom. The summed E-state index contributed by atoms with van der Waals surface area (Å²) in [7, 11) is 0. The van der Waals surface area contributed by atoms with Crippen LogP contribution >= 0.6 is 11.6 Å². The maximum Gasteiger partial charge on any atom is 0.254 e. The topological polar surface area (TPSA) is 46.1 Å². The van der Waals surface area contributed by atoms with Crippen molar-refractivity contribution in [3.8, 4) is 22.3 Å². The number of hydrogen-bond acceptors (Lipinski definition) is 3. The second-order valence-corrected chi connectivity index (χ2v) is 10.3. The van der Waals surface area contributed by atoms with Gasteiger partial charge in [0.1, 0.15) is 6.17 Å². The number of hydrogen-bond donors (Lipinski definition) is 0. The number of benzene rings is 1. The van der Waals surface area contributed by atoms with Crippen LogP contribution in [0.1, 0.15) is 50.2 Å². The average molecular weight is 466 g/mol. The summed E-state index contributed by atoms with van der Waals surface area (Å²) >= 11 is 6.60. The van der Waals surface area contributed by atoms with Crippen LogP contribution in [0, 0.1) is 5.92 Å². The standard InChI is InChI=1S/C27H29ClFN3O/c1-17-8-10-32(16-24(17)29)26(33)19-5-6-22(23(28)12-19)21-11-20(14-30-15-21)18-7-9-31-25(13-18)27(2,3)4/h5-7,9,11-15,17,24H,8,10,16H2,1-4H3/t17-,24-/m0/s1. The number of piperidine rings is 1. The lowest BCUT2D eigenvalue weighted by atomic mass is 9.90. The number of likely N-dealkylation sites (tertiary alicyclic amines) is 1. The number of alkyl halides is 1. The van der Waals surface area contributed by atoms with Crippen molar-refractivity contribution < 1.29 is 9.18 Å². The van der Waals surface area contributed by atoms with Gasteiger partial charge < -0.3 is 4.90 Å². The number of carbonyl (C=O) groups is 1. The van der Waals surface area contributed by atoms with E-state index in [1.54, 1.807) is 23.2 Å².